The van der Waals surface area contributed by atoms with Crippen molar-refractivity contribution in [3.63, 3.8) is 0 Å². The maximum atomic E-state index is 12.8. The van der Waals surface area contributed by atoms with Gasteiger partial charge in [-0.1, -0.05) is 30.3 Å². The summed E-state index contributed by atoms with van der Waals surface area (Å²) in [4.78, 5) is 25.8. The molecule has 1 aromatic carbocycles. The molecule has 0 saturated carbocycles. The number of amides is 1. The lowest BCUT2D eigenvalue weighted by Gasteiger charge is -2.22. The van der Waals surface area contributed by atoms with Crippen LogP contribution in [-0.2, 0) is 7.05 Å². The lowest BCUT2D eigenvalue weighted by Crippen LogP contribution is -2.35. The molecular formula is C18H20N2O3. The third kappa shape index (κ3) is 2.74. The first kappa shape index (κ1) is 15.3. The molecule has 0 aliphatic carbocycles. The molecule has 2 unspecified atom stereocenters. The normalized spacial score (nSPS) is 20.7. The van der Waals surface area contributed by atoms with Crippen molar-refractivity contribution in [3.8, 4) is 0 Å². The first-order chi connectivity index (χ1) is 11.0. The van der Waals surface area contributed by atoms with E-state index >= 15 is 0 Å². The molecule has 2 atom stereocenters. The van der Waals surface area contributed by atoms with Crippen LogP contribution in [0.1, 0.15) is 45.8 Å². The summed E-state index contributed by atoms with van der Waals surface area (Å²) in [5.74, 6) is -0.802. The molecule has 2 aromatic rings. The summed E-state index contributed by atoms with van der Waals surface area (Å²) in [7, 11) is 1.62. The van der Waals surface area contributed by atoms with Crippen molar-refractivity contribution >= 4 is 11.9 Å². The Balaban J connectivity index is 1.82. The minimum absolute atomic E-state index is 0.106. The molecule has 1 saturated heterocycles. The smallest absolute Gasteiger partial charge is 0.352 e. The first-order valence-electron chi connectivity index (χ1n) is 7.74. The second kappa shape index (κ2) is 5.91. The second-order valence-corrected chi connectivity index (χ2v) is 6.12. The van der Waals surface area contributed by atoms with Crippen molar-refractivity contribution in [2.75, 3.05) is 6.54 Å². The van der Waals surface area contributed by atoms with Crippen molar-refractivity contribution in [1.29, 1.82) is 0 Å². The number of aromatic carboxylic acids is 1. The van der Waals surface area contributed by atoms with Crippen LogP contribution >= 0.6 is 0 Å². The maximum Gasteiger partial charge on any atom is 0.352 e. The molecule has 1 aliphatic rings. The van der Waals surface area contributed by atoms with Crippen molar-refractivity contribution in [2.45, 2.75) is 25.3 Å². The van der Waals surface area contributed by atoms with E-state index in [0.717, 1.165) is 6.42 Å². The number of nitrogens with zero attached hydrogens (tertiary/aromatic N) is 2. The monoisotopic (exact) mass is 312 g/mol. The Kier molecular flexibility index (Phi) is 3.94. The molecule has 120 valence electrons. The average Bonchev–Trinajstić information content (AvgIpc) is 3.11. The summed E-state index contributed by atoms with van der Waals surface area (Å²) in [6, 6.07) is 13.4. The fraction of sp³-hybridized carbons (Fsp3) is 0.333. The Labute approximate surface area is 135 Å². The summed E-state index contributed by atoms with van der Waals surface area (Å²) in [6.45, 7) is 2.71. The van der Waals surface area contributed by atoms with Gasteiger partial charge in [-0.2, -0.15) is 0 Å². The van der Waals surface area contributed by atoms with Gasteiger partial charge in [0.2, 0.25) is 0 Å². The zero-order valence-corrected chi connectivity index (χ0v) is 13.3. The van der Waals surface area contributed by atoms with E-state index in [9.17, 15) is 9.59 Å². The first-order valence-corrected chi connectivity index (χ1v) is 7.74. The average molecular weight is 312 g/mol. The zero-order chi connectivity index (χ0) is 16.6. The van der Waals surface area contributed by atoms with Gasteiger partial charge >= 0.3 is 5.97 Å². The summed E-state index contributed by atoms with van der Waals surface area (Å²) in [5, 5.41) is 9.12. The summed E-state index contributed by atoms with van der Waals surface area (Å²) < 4.78 is 1.45. The van der Waals surface area contributed by atoms with Gasteiger partial charge in [0.25, 0.3) is 5.91 Å². The highest BCUT2D eigenvalue weighted by molar-refractivity contribution is 5.96. The van der Waals surface area contributed by atoms with Gasteiger partial charge in [-0.3, -0.25) is 4.79 Å². The lowest BCUT2D eigenvalue weighted by molar-refractivity contribution is 0.0685. The van der Waals surface area contributed by atoms with E-state index in [1.54, 1.807) is 13.1 Å². The molecule has 0 bridgehead atoms. The molecule has 2 heterocycles. The quantitative estimate of drug-likeness (QED) is 0.948. The van der Waals surface area contributed by atoms with E-state index in [-0.39, 0.29) is 17.6 Å². The molecule has 1 amide bonds. The maximum absolute atomic E-state index is 12.8. The predicted molar refractivity (Wildman–Crippen MR) is 86.7 cm³/mol. The largest absolute Gasteiger partial charge is 0.477 e. The number of aromatic nitrogens is 1. The van der Waals surface area contributed by atoms with Crippen LogP contribution in [0.2, 0.25) is 0 Å². The Bertz CT molecular complexity index is 736. The molecule has 1 N–H and O–H groups in total. The number of carboxylic acids is 1. The van der Waals surface area contributed by atoms with Crippen LogP contribution in [0.3, 0.4) is 0 Å². The molecule has 1 aromatic heterocycles. The standard InChI is InChI=1S/C18H20N2O3/c1-12-10-14(13-6-4-3-5-7-13)11-20(12)17(21)15-8-9-16(18(22)23)19(15)2/h3-9,12,14H,10-11H2,1-2H3,(H,22,23). The minimum Gasteiger partial charge on any atom is -0.477 e. The SMILES string of the molecule is CC1CC(c2ccccc2)CN1C(=O)c1ccc(C(=O)O)n1C. The number of carbonyl (C=O) groups excluding carboxylic acids is 1. The van der Waals surface area contributed by atoms with E-state index in [2.05, 4.69) is 12.1 Å². The van der Waals surface area contributed by atoms with E-state index in [1.807, 2.05) is 30.0 Å². The van der Waals surface area contributed by atoms with Crippen LogP contribution in [-0.4, -0.2) is 39.0 Å². The van der Waals surface area contributed by atoms with Crippen molar-refractivity contribution in [3.05, 3.63) is 59.4 Å². The Morgan fingerprint density at radius 3 is 2.35 bits per heavy atom. The molecule has 0 radical (unpaired) electrons. The van der Waals surface area contributed by atoms with Crippen LogP contribution in [0.5, 0.6) is 0 Å². The molecule has 5 nitrogen and oxygen atoms in total. The molecule has 0 spiro atoms. The fourth-order valence-electron chi connectivity index (χ4n) is 3.37. The molecule has 1 fully saturated rings. The molecular weight excluding hydrogens is 292 g/mol. The summed E-state index contributed by atoms with van der Waals surface area (Å²) in [5.41, 5.74) is 1.79. The number of likely N-dealkylation sites (tertiary alicyclic amines) is 1. The van der Waals surface area contributed by atoms with E-state index in [0.29, 0.717) is 18.2 Å². The van der Waals surface area contributed by atoms with Gasteiger partial charge in [0.15, 0.2) is 0 Å². The number of benzene rings is 1. The van der Waals surface area contributed by atoms with E-state index < -0.39 is 5.97 Å². The van der Waals surface area contributed by atoms with Crippen LogP contribution in [0.25, 0.3) is 0 Å². The predicted octanol–water partition coefficient (Wildman–Crippen LogP) is 2.74. The van der Waals surface area contributed by atoms with Crippen molar-refractivity contribution in [1.82, 2.24) is 9.47 Å². The number of carboxylic acid groups (broad SMARTS) is 1. The van der Waals surface area contributed by atoms with Gasteiger partial charge in [-0.05, 0) is 31.0 Å². The number of carbonyl (C=O) groups is 2. The number of hydrogen-bond acceptors (Lipinski definition) is 2. The topological polar surface area (TPSA) is 62.5 Å². The number of rotatable bonds is 3. The molecule has 23 heavy (non-hydrogen) atoms. The van der Waals surface area contributed by atoms with E-state index in [1.165, 1.54) is 16.2 Å². The van der Waals surface area contributed by atoms with Gasteiger partial charge in [0, 0.05) is 25.6 Å². The van der Waals surface area contributed by atoms with Gasteiger partial charge < -0.3 is 14.6 Å². The minimum atomic E-state index is -1.02. The van der Waals surface area contributed by atoms with Crippen LogP contribution in [0, 0.1) is 0 Å². The molecule has 3 rings (SSSR count). The van der Waals surface area contributed by atoms with Crippen molar-refractivity contribution in [2.24, 2.45) is 7.05 Å². The van der Waals surface area contributed by atoms with Crippen molar-refractivity contribution < 1.29 is 14.7 Å². The zero-order valence-electron chi connectivity index (χ0n) is 13.3. The van der Waals surface area contributed by atoms with Crippen LogP contribution in [0.15, 0.2) is 42.5 Å². The second-order valence-electron chi connectivity index (χ2n) is 6.12. The number of hydrogen-bond donors (Lipinski definition) is 1. The van der Waals surface area contributed by atoms with Gasteiger partial charge in [-0.15, -0.1) is 0 Å². The highest BCUT2D eigenvalue weighted by Crippen LogP contribution is 2.32. The van der Waals surface area contributed by atoms with Gasteiger partial charge in [-0.25, -0.2) is 4.79 Å². The van der Waals surface area contributed by atoms with E-state index in [4.69, 9.17) is 5.11 Å². The lowest BCUT2D eigenvalue weighted by atomic mass is 9.97. The third-order valence-electron chi connectivity index (χ3n) is 4.67. The highest BCUT2D eigenvalue weighted by atomic mass is 16.4. The van der Waals surface area contributed by atoms with Gasteiger partial charge in [0.05, 0.1) is 0 Å². The summed E-state index contributed by atoms with van der Waals surface area (Å²) in [6.07, 6.45) is 0.923. The van der Waals surface area contributed by atoms with Crippen LogP contribution in [0.4, 0.5) is 0 Å². The Hall–Kier alpha value is -2.56. The Morgan fingerprint density at radius 2 is 1.74 bits per heavy atom. The highest BCUT2D eigenvalue weighted by Gasteiger charge is 2.34. The Morgan fingerprint density at radius 1 is 1.09 bits per heavy atom. The fourth-order valence-corrected chi connectivity index (χ4v) is 3.37. The van der Waals surface area contributed by atoms with Gasteiger partial charge in [0.1, 0.15) is 11.4 Å². The molecule has 1 aliphatic heterocycles. The molecule has 5 heteroatoms. The third-order valence-corrected chi connectivity index (χ3v) is 4.67. The van der Waals surface area contributed by atoms with Crippen LogP contribution < -0.4 is 0 Å². The summed E-state index contributed by atoms with van der Waals surface area (Å²) >= 11 is 0.